The van der Waals surface area contributed by atoms with Gasteiger partial charge in [-0.3, -0.25) is 9.78 Å². The highest BCUT2D eigenvalue weighted by molar-refractivity contribution is 7.80. The van der Waals surface area contributed by atoms with Gasteiger partial charge in [0.1, 0.15) is 5.82 Å². The summed E-state index contributed by atoms with van der Waals surface area (Å²) in [4.78, 5) is 19.6. The van der Waals surface area contributed by atoms with Crippen molar-refractivity contribution in [1.29, 1.82) is 0 Å². The molecule has 0 spiro atoms. The molecule has 1 aliphatic heterocycles. The quantitative estimate of drug-likeness (QED) is 0.314. The second-order valence-electron chi connectivity index (χ2n) is 9.22. The molecule has 2 aromatic carbocycles. The van der Waals surface area contributed by atoms with E-state index in [0.29, 0.717) is 17.3 Å². The van der Waals surface area contributed by atoms with Crippen LogP contribution in [0.2, 0.25) is 0 Å². The third-order valence-corrected chi connectivity index (χ3v) is 6.97. The normalized spacial score (nSPS) is 17.1. The fourth-order valence-electron chi connectivity index (χ4n) is 4.77. The van der Waals surface area contributed by atoms with E-state index < -0.39 is 0 Å². The van der Waals surface area contributed by atoms with E-state index in [1.807, 2.05) is 84.1 Å². The van der Waals surface area contributed by atoms with Gasteiger partial charge in [0.2, 0.25) is 5.91 Å². The van der Waals surface area contributed by atoms with Crippen LogP contribution in [0.15, 0.2) is 85.2 Å². The molecule has 6 nitrogen and oxygen atoms in total. The molecule has 0 saturated carbocycles. The molecule has 0 radical (unpaired) electrons. The van der Waals surface area contributed by atoms with Gasteiger partial charge < -0.3 is 20.1 Å². The lowest BCUT2D eigenvalue weighted by Crippen LogP contribution is -2.33. The molecule has 188 valence electrons. The van der Waals surface area contributed by atoms with Crippen molar-refractivity contribution in [3.8, 4) is 5.69 Å². The molecule has 1 aliphatic rings. The van der Waals surface area contributed by atoms with Crippen molar-refractivity contribution in [1.82, 2.24) is 19.8 Å². The summed E-state index contributed by atoms with van der Waals surface area (Å²) in [5, 5.41) is 7.00. The number of amides is 1. The number of aryl methyl sites for hydroxylation is 2. The Kier molecular flexibility index (Phi) is 7.01. The van der Waals surface area contributed by atoms with Crippen LogP contribution >= 0.6 is 12.2 Å². The molecule has 1 saturated heterocycles. The Balaban J connectivity index is 1.44. The average Bonchev–Trinajstić information content (AvgIpc) is 3.49. The fourth-order valence-corrected chi connectivity index (χ4v) is 5.10. The van der Waals surface area contributed by atoms with Crippen LogP contribution in [0.5, 0.6) is 0 Å². The Morgan fingerprint density at radius 1 is 1.08 bits per heavy atom. The first kappa shape index (κ1) is 24.6. The van der Waals surface area contributed by atoms with Crippen LogP contribution in [-0.2, 0) is 4.79 Å². The molecule has 5 rings (SSSR count). The minimum absolute atomic E-state index is 0.0861. The number of anilines is 1. The molecule has 1 fully saturated rings. The average molecular weight is 514 g/mol. The van der Waals surface area contributed by atoms with E-state index >= 15 is 0 Å². The van der Waals surface area contributed by atoms with Crippen molar-refractivity contribution in [2.24, 2.45) is 0 Å². The maximum atomic E-state index is 14.1. The molecule has 2 atom stereocenters. The zero-order chi connectivity index (χ0) is 25.9. The number of aromatic nitrogens is 2. The van der Waals surface area contributed by atoms with Gasteiger partial charge in [-0.2, -0.15) is 0 Å². The Hall–Kier alpha value is -4.04. The van der Waals surface area contributed by atoms with Crippen LogP contribution in [0.1, 0.15) is 41.0 Å². The topological polar surface area (TPSA) is 62.2 Å². The molecule has 3 heterocycles. The number of nitrogens with zero attached hydrogens (tertiary/aromatic N) is 3. The molecule has 2 N–H and O–H groups in total. The van der Waals surface area contributed by atoms with E-state index in [-0.39, 0.29) is 30.2 Å². The number of benzene rings is 2. The van der Waals surface area contributed by atoms with Gasteiger partial charge in [0, 0.05) is 42.4 Å². The standard InChI is InChI=1S/C29H28FN5OS/c1-19-11-12-20(2)24(17-19)32-26(36)13-16-35-28(27(33-29(35)37)23-9-3-4-14-31-23)25-10-6-15-34(25)22-8-5-7-21(30)18-22/h3-12,14-15,17-18,27-28H,13,16H2,1-2H3,(H,32,36)(H,33,37)/t27-,28-/m1/s1. The Bertz CT molecular complexity index is 1440. The Morgan fingerprint density at radius 2 is 1.95 bits per heavy atom. The van der Waals surface area contributed by atoms with Gasteiger partial charge in [0.05, 0.1) is 17.8 Å². The summed E-state index contributed by atoms with van der Waals surface area (Å²) in [5.41, 5.74) is 5.38. The van der Waals surface area contributed by atoms with Crippen LogP contribution in [0, 0.1) is 19.7 Å². The van der Waals surface area contributed by atoms with Gasteiger partial charge in [-0.1, -0.05) is 24.3 Å². The molecule has 1 amide bonds. The van der Waals surface area contributed by atoms with Crippen molar-refractivity contribution in [2.75, 3.05) is 11.9 Å². The predicted octanol–water partition coefficient (Wildman–Crippen LogP) is 5.63. The molecule has 37 heavy (non-hydrogen) atoms. The third kappa shape index (κ3) is 5.24. The summed E-state index contributed by atoms with van der Waals surface area (Å²) in [6.45, 7) is 4.38. The number of pyridine rings is 1. The first-order chi connectivity index (χ1) is 17.9. The van der Waals surface area contributed by atoms with Crippen LogP contribution in [0.4, 0.5) is 10.1 Å². The molecule has 0 aliphatic carbocycles. The second-order valence-corrected chi connectivity index (χ2v) is 9.61. The van der Waals surface area contributed by atoms with Crippen LogP contribution < -0.4 is 10.6 Å². The summed E-state index contributed by atoms with van der Waals surface area (Å²) in [5.74, 6) is -0.393. The van der Waals surface area contributed by atoms with Crippen molar-refractivity contribution in [3.63, 3.8) is 0 Å². The summed E-state index contributed by atoms with van der Waals surface area (Å²) < 4.78 is 16.0. The maximum Gasteiger partial charge on any atom is 0.226 e. The smallest absolute Gasteiger partial charge is 0.226 e. The van der Waals surface area contributed by atoms with E-state index in [2.05, 4.69) is 15.6 Å². The number of carbonyl (C=O) groups is 1. The SMILES string of the molecule is Cc1ccc(C)c(NC(=O)CCN2C(=S)N[C@H](c3ccccn3)[C@H]2c2cccn2-c2cccc(F)c2)c1. The minimum atomic E-state index is -0.307. The van der Waals surface area contributed by atoms with Crippen molar-refractivity contribution >= 4 is 28.9 Å². The number of rotatable bonds is 7. The van der Waals surface area contributed by atoms with Crippen LogP contribution in [0.3, 0.4) is 0 Å². The largest absolute Gasteiger partial charge is 0.352 e. The third-order valence-electron chi connectivity index (χ3n) is 6.61. The van der Waals surface area contributed by atoms with Gasteiger partial charge in [-0.05, 0) is 85.7 Å². The van der Waals surface area contributed by atoms with E-state index in [9.17, 15) is 9.18 Å². The molecule has 4 aromatic rings. The van der Waals surface area contributed by atoms with Gasteiger partial charge in [0.25, 0.3) is 0 Å². The molecular weight excluding hydrogens is 485 g/mol. The number of nitrogens with one attached hydrogen (secondary N) is 2. The zero-order valence-corrected chi connectivity index (χ0v) is 21.5. The summed E-state index contributed by atoms with van der Waals surface area (Å²) in [6, 6.07) is 21.7. The van der Waals surface area contributed by atoms with Crippen molar-refractivity contribution in [2.45, 2.75) is 32.4 Å². The lowest BCUT2D eigenvalue weighted by atomic mass is 10.0. The number of hydrogen-bond donors (Lipinski definition) is 2. The van der Waals surface area contributed by atoms with E-state index in [4.69, 9.17) is 12.2 Å². The molecular formula is C29H28FN5OS. The summed E-state index contributed by atoms with van der Waals surface area (Å²) in [7, 11) is 0. The maximum absolute atomic E-state index is 14.1. The van der Waals surface area contributed by atoms with Crippen LogP contribution in [0.25, 0.3) is 5.69 Å². The van der Waals surface area contributed by atoms with Crippen LogP contribution in [-0.4, -0.2) is 32.0 Å². The zero-order valence-electron chi connectivity index (χ0n) is 20.7. The Morgan fingerprint density at radius 3 is 2.73 bits per heavy atom. The predicted molar refractivity (Wildman–Crippen MR) is 147 cm³/mol. The van der Waals surface area contributed by atoms with Gasteiger partial charge in [-0.15, -0.1) is 0 Å². The molecule has 8 heteroatoms. The van der Waals surface area contributed by atoms with Gasteiger partial charge >= 0.3 is 0 Å². The van der Waals surface area contributed by atoms with E-state index in [1.165, 1.54) is 12.1 Å². The first-order valence-electron chi connectivity index (χ1n) is 12.2. The van der Waals surface area contributed by atoms with Crippen molar-refractivity contribution < 1.29 is 9.18 Å². The van der Waals surface area contributed by atoms with Gasteiger partial charge in [0.15, 0.2) is 5.11 Å². The number of carbonyl (C=O) groups excluding carboxylic acids is 1. The number of halogens is 1. The lowest BCUT2D eigenvalue weighted by molar-refractivity contribution is -0.116. The molecule has 0 bridgehead atoms. The number of hydrogen-bond acceptors (Lipinski definition) is 3. The highest BCUT2D eigenvalue weighted by Gasteiger charge is 2.41. The fraction of sp³-hybridized carbons (Fsp3) is 0.207. The minimum Gasteiger partial charge on any atom is -0.352 e. The van der Waals surface area contributed by atoms with Gasteiger partial charge in [-0.25, -0.2) is 4.39 Å². The summed E-state index contributed by atoms with van der Waals surface area (Å²) >= 11 is 5.75. The van der Waals surface area contributed by atoms with Crippen molar-refractivity contribution in [3.05, 3.63) is 114 Å². The Labute approximate surface area is 221 Å². The molecule has 2 aromatic heterocycles. The first-order valence-corrected chi connectivity index (χ1v) is 12.6. The monoisotopic (exact) mass is 513 g/mol. The number of thiocarbonyl (C=S) groups is 1. The lowest BCUT2D eigenvalue weighted by Gasteiger charge is -2.29. The van der Waals surface area contributed by atoms with E-state index in [0.717, 1.165) is 28.2 Å². The second kappa shape index (κ2) is 10.5. The molecule has 0 unspecified atom stereocenters. The summed E-state index contributed by atoms with van der Waals surface area (Å²) in [6.07, 6.45) is 3.91. The van der Waals surface area contributed by atoms with E-state index in [1.54, 1.807) is 12.3 Å². The highest BCUT2D eigenvalue weighted by Crippen LogP contribution is 2.39. The highest BCUT2D eigenvalue weighted by atomic mass is 32.1.